The minimum Gasteiger partial charge on any atom is -0.467 e. The van der Waals surface area contributed by atoms with Crippen molar-refractivity contribution in [1.29, 1.82) is 0 Å². The van der Waals surface area contributed by atoms with Gasteiger partial charge in [-0.3, -0.25) is 9.59 Å². The molecular weight excluding hydrogens is 352 g/mol. The van der Waals surface area contributed by atoms with Crippen LogP contribution in [0.5, 0.6) is 0 Å². The van der Waals surface area contributed by atoms with Crippen LogP contribution in [0.1, 0.15) is 41.8 Å². The number of methoxy groups -OCH3 is 1. The van der Waals surface area contributed by atoms with Crippen LogP contribution in [-0.4, -0.2) is 37.0 Å². The van der Waals surface area contributed by atoms with Gasteiger partial charge in [-0.25, -0.2) is 0 Å². The highest BCUT2D eigenvalue weighted by Gasteiger charge is 2.25. The summed E-state index contributed by atoms with van der Waals surface area (Å²) in [7, 11) is 1.60. The summed E-state index contributed by atoms with van der Waals surface area (Å²) in [6.45, 7) is 8.69. The van der Waals surface area contributed by atoms with Gasteiger partial charge >= 0.3 is 0 Å². The van der Waals surface area contributed by atoms with Crippen molar-refractivity contribution in [1.82, 2.24) is 4.90 Å². The van der Waals surface area contributed by atoms with Crippen molar-refractivity contribution in [2.24, 2.45) is 5.41 Å². The van der Waals surface area contributed by atoms with Crippen molar-refractivity contribution in [2.75, 3.05) is 25.6 Å². The molecule has 0 saturated heterocycles. The van der Waals surface area contributed by atoms with Gasteiger partial charge in [0.25, 0.3) is 5.91 Å². The highest BCUT2D eigenvalue weighted by molar-refractivity contribution is 7.18. The molecule has 1 N–H and O–H groups in total. The minimum absolute atomic E-state index is 0.0791. The second-order valence-electron chi connectivity index (χ2n) is 7.13. The Hall–Kier alpha value is -2.12. The SMILES string of the molecule is COCCN(Cc1ccco1)C(=O)c1sc(NC(=O)C(C)(C)C)cc1C. The number of aryl methyl sites for hydroxylation is 1. The number of carbonyl (C=O) groups is 2. The lowest BCUT2D eigenvalue weighted by atomic mass is 9.96. The molecule has 2 aromatic rings. The Labute approximate surface area is 158 Å². The summed E-state index contributed by atoms with van der Waals surface area (Å²) in [6, 6.07) is 5.47. The fourth-order valence-corrected chi connectivity index (χ4v) is 3.28. The third-order valence-corrected chi connectivity index (χ3v) is 4.95. The Kier molecular flexibility index (Phi) is 6.61. The zero-order chi connectivity index (χ0) is 19.3. The van der Waals surface area contributed by atoms with Crippen LogP contribution in [0.4, 0.5) is 5.00 Å². The fraction of sp³-hybridized carbons (Fsp3) is 0.474. The molecule has 0 aromatic carbocycles. The topological polar surface area (TPSA) is 71.8 Å². The van der Waals surface area contributed by atoms with Crippen LogP contribution in [0.15, 0.2) is 28.9 Å². The molecular formula is C19H26N2O4S. The molecule has 0 bridgehead atoms. The maximum absolute atomic E-state index is 13.0. The van der Waals surface area contributed by atoms with E-state index in [9.17, 15) is 9.59 Å². The average molecular weight is 378 g/mol. The van der Waals surface area contributed by atoms with Crippen LogP contribution < -0.4 is 5.32 Å². The number of hydrogen-bond acceptors (Lipinski definition) is 5. The van der Waals surface area contributed by atoms with Crippen molar-refractivity contribution in [3.8, 4) is 0 Å². The molecule has 0 spiro atoms. The largest absolute Gasteiger partial charge is 0.467 e. The Bertz CT molecular complexity index is 744. The predicted octanol–water partition coefficient (Wildman–Crippen LogP) is 3.92. The zero-order valence-corrected chi connectivity index (χ0v) is 16.7. The standard InChI is InChI=1S/C19H26N2O4S/c1-13-11-15(20-18(23)19(2,3)4)26-16(13)17(22)21(8-10-24-5)12-14-7-6-9-25-14/h6-7,9,11H,8,10,12H2,1-5H3,(H,20,23). The molecule has 26 heavy (non-hydrogen) atoms. The van der Waals surface area contributed by atoms with Gasteiger partial charge < -0.3 is 19.4 Å². The molecule has 0 unspecified atom stereocenters. The quantitative estimate of drug-likeness (QED) is 0.792. The number of thiophene rings is 1. The molecule has 0 fully saturated rings. The Morgan fingerprint density at radius 2 is 2.08 bits per heavy atom. The van der Waals surface area contributed by atoms with Crippen LogP contribution in [0.3, 0.4) is 0 Å². The van der Waals surface area contributed by atoms with E-state index in [0.29, 0.717) is 35.3 Å². The second-order valence-corrected chi connectivity index (χ2v) is 8.18. The van der Waals surface area contributed by atoms with E-state index in [1.165, 1.54) is 11.3 Å². The molecule has 7 heteroatoms. The minimum atomic E-state index is -0.494. The third-order valence-electron chi connectivity index (χ3n) is 3.81. The van der Waals surface area contributed by atoms with Crippen LogP contribution in [0, 0.1) is 12.3 Å². The van der Waals surface area contributed by atoms with Gasteiger partial charge in [-0.1, -0.05) is 20.8 Å². The normalized spacial score (nSPS) is 11.4. The molecule has 0 atom stereocenters. The van der Waals surface area contributed by atoms with E-state index in [2.05, 4.69) is 5.32 Å². The van der Waals surface area contributed by atoms with E-state index in [-0.39, 0.29) is 11.8 Å². The van der Waals surface area contributed by atoms with Gasteiger partial charge in [-0.05, 0) is 30.7 Å². The number of hydrogen-bond donors (Lipinski definition) is 1. The van der Waals surface area contributed by atoms with Crippen LogP contribution >= 0.6 is 11.3 Å². The van der Waals surface area contributed by atoms with Gasteiger partial charge in [0.2, 0.25) is 5.91 Å². The van der Waals surface area contributed by atoms with Crippen molar-refractivity contribution >= 4 is 28.2 Å². The first-order valence-electron chi connectivity index (χ1n) is 8.45. The molecule has 2 heterocycles. The van der Waals surface area contributed by atoms with E-state index < -0.39 is 5.41 Å². The van der Waals surface area contributed by atoms with Crippen LogP contribution in [0.2, 0.25) is 0 Å². The highest BCUT2D eigenvalue weighted by atomic mass is 32.1. The summed E-state index contributed by atoms with van der Waals surface area (Å²) in [4.78, 5) is 27.5. The summed E-state index contributed by atoms with van der Waals surface area (Å²) in [5.41, 5.74) is 0.345. The zero-order valence-electron chi connectivity index (χ0n) is 15.9. The number of ether oxygens (including phenoxy) is 1. The van der Waals surface area contributed by atoms with Crippen molar-refractivity contribution < 1.29 is 18.7 Å². The Morgan fingerprint density at radius 1 is 1.35 bits per heavy atom. The summed E-state index contributed by atoms with van der Waals surface area (Å²) in [5, 5.41) is 3.57. The van der Waals surface area contributed by atoms with Crippen LogP contribution in [-0.2, 0) is 16.1 Å². The molecule has 0 aliphatic heterocycles. The number of furan rings is 1. The summed E-state index contributed by atoms with van der Waals surface area (Å²) in [5.74, 6) is 0.534. The third kappa shape index (κ3) is 5.19. The Balaban J connectivity index is 2.18. The second kappa shape index (κ2) is 8.51. The molecule has 0 saturated carbocycles. The van der Waals surface area contributed by atoms with E-state index in [0.717, 1.165) is 5.56 Å². The molecule has 2 rings (SSSR count). The lowest BCUT2D eigenvalue weighted by Gasteiger charge is -2.21. The van der Waals surface area contributed by atoms with Gasteiger partial charge in [-0.15, -0.1) is 11.3 Å². The molecule has 142 valence electrons. The number of amides is 2. The molecule has 6 nitrogen and oxygen atoms in total. The molecule has 2 amide bonds. The molecule has 2 aromatic heterocycles. The van der Waals surface area contributed by atoms with Crippen molar-refractivity contribution in [2.45, 2.75) is 34.2 Å². The van der Waals surface area contributed by atoms with E-state index in [1.807, 2.05) is 39.8 Å². The smallest absolute Gasteiger partial charge is 0.264 e. The van der Waals surface area contributed by atoms with Gasteiger partial charge in [-0.2, -0.15) is 0 Å². The lowest BCUT2D eigenvalue weighted by molar-refractivity contribution is -0.123. The number of nitrogens with zero attached hydrogens (tertiary/aromatic N) is 1. The van der Waals surface area contributed by atoms with Crippen LogP contribution in [0.25, 0.3) is 0 Å². The highest BCUT2D eigenvalue weighted by Crippen LogP contribution is 2.29. The van der Waals surface area contributed by atoms with Crippen molar-refractivity contribution in [3.05, 3.63) is 40.7 Å². The van der Waals surface area contributed by atoms with E-state index >= 15 is 0 Å². The van der Waals surface area contributed by atoms with E-state index in [1.54, 1.807) is 24.3 Å². The number of anilines is 1. The first-order chi connectivity index (χ1) is 12.2. The Morgan fingerprint density at radius 3 is 2.65 bits per heavy atom. The van der Waals surface area contributed by atoms with Gasteiger partial charge in [0, 0.05) is 19.1 Å². The number of carbonyl (C=O) groups excluding carboxylic acids is 2. The summed E-state index contributed by atoms with van der Waals surface area (Å²) in [6.07, 6.45) is 1.59. The monoisotopic (exact) mass is 378 g/mol. The fourth-order valence-electron chi connectivity index (χ4n) is 2.24. The summed E-state index contributed by atoms with van der Waals surface area (Å²) >= 11 is 1.29. The summed E-state index contributed by atoms with van der Waals surface area (Å²) < 4.78 is 10.5. The van der Waals surface area contributed by atoms with Crippen molar-refractivity contribution in [3.63, 3.8) is 0 Å². The maximum Gasteiger partial charge on any atom is 0.264 e. The van der Waals surface area contributed by atoms with Gasteiger partial charge in [0.15, 0.2) is 0 Å². The predicted molar refractivity (Wildman–Crippen MR) is 102 cm³/mol. The first-order valence-corrected chi connectivity index (χ1v) is 9.26. The molecule has 0 aliphatic rings. The molecule has 0 aliphatic carbocycles. The van der Waals surface area contributed by atoms with Gasteiger partial charge in [0.05, 0.1) is 29.3 Å². The van der Waals surface area contributed by atoms with E-state index in [4.69, 9.17) is 9.15 Å². The lowest BCUT2D eigenvalue weighted by Crippen LogP contribution is -2.33. The average Bonchev–Trinajstić information content (AvgIpc) is 3.19. The maximum atomic E-state index is 13.0. The van der Waals surface area contributed by atoms with Gasteiger partial charge in [0.1, 0.15) is 5.76 Å². The number of rotatable bonds is 7. The number of nitrogens with one attached hydrogen (secondary N) is 1. The molecule has 0 radical (unpaired) electrons. The first kappa shape index (κ1) is 20.2.